The van der Waals surface area contributed by atoms with Gasteiger partial charge in [0.2, 0.25) is 11.8 Å². The van der Waals surface area contributed by atoms with Gasteiger partial charge in [-0.3, -0.25) is 19.4 Å². The minimum absolute atomic E-state index is 0.191. The number of aliphatic hydroxyl groups excluding tert-OH is 1. The molecular weight excluding hydrogens is 272 g/mol. The van der Waals surface area contributed by atoms with Crippen LogP contribution in [0.1, 0.15) is 52.9 Å². The molecule has 1 saturated heterocycles. The van der Waals surface area contributed by atoms with Gasteiger partial charge in [0.1, 0.15) is 0 Å². The van der Waals surface area contributed by atoms with Gasteiger partial charge in [-0.1, -0.05) is 26.7 Å². The normalized spacial score (nSPS) is 28.3. The molecule has 4 amide bonds. The van der Waals surface area contributed by atoms with Gasteiger partial charge < -0.3 is 5.11 Å². The minimum Gasteiger partial charge on any atom is -0.393 e. The van der Waals surface area contributed by atoms with Crippen LogP contribution in [0, 0.1) is 5.92 Å². The fourth-order valence-corrected chi connectivity index (χ4v) is 3.24. The third-order valence-corrected chi connectivity index (χ3v) is 4.69. The standard InChI is InChI=1S/C15H24N2O4/c1-4-13(19)16-11-7-5-6-8-12(11)17(15(16)21)14(20)9(2)10(3)18/h9-12,18H,4-8H2,1-3H3/t9-,10+,11-,12-/m1/s1. The summed E-state index contributed by atoms with van der Waals surface area (Å²) in [5.74, 6) is -1.25. The number of urea groups is 1. The van der Waals surface area contributed by atoms with Crippen molar-refractivity contribution in [3.8, 4) is 0 Å². The van der Waals surface area contributed by atoms with Crippen LogP contribution in [0.15, 0.2) is 0 Å². The molecule has 0 aromatic heterocycles. The highest BCUT2D eigenvalue weighted by atomic mass is 16.3. The first-order chi connectivity index (χ1) is 9.90. The highest BCUT2D eigenvalue weighted by Gasteiger charge is 2.52. The number of nitrogens with zero attached hydrogens (tertiary/aromatic N) is 2. The Labute approximate surface area is 125 Å². The Morgan fingerprint density at radius 3 is 2.19 bits per heavy atom. The second-order valence-electron chi connectivity index (χ2n) is 6.06. The molecule has 1 aliphatic carbocycles. The van der Waals surface area contributed by atoms with E-state index >= 15 is 0 Å². The van der Waals surface area contributed by atoms with E-state index in [2.05, 4.69) is 0 Å². The summed E-state index contributed by atoms with van der Waals surface area (Å²) in [5, 5.41) is 9.62. The van der Waals surface area contributed by atoms with Crippen LogP contribution in [-0.4, -0.2) is 50.9 Å². The molecule has 2 rings (SSSR count). The van der Waals surface area contributed by atoms with Crippen LogP contribution in [0.5, 0.6) is 0 Å². The lowest BCUT2D eigenvalue weighted by Gasteiger charge is -2.31. The van der Waals surface area contributed by atoms with E-state index in [9.17, 15) is 19.5 Å². The van der Waals surface area contributed by atoms with Crippen molar-refractivity contribution in [2.45, 2.75) is 71.1 Å². The van der Waals surface area contributed by atoms with Gasteiger partial charge in [-0.05, 0) is 19.8 Å². The maximum Gasteiger partial charge on any atom is 0.334 e. The maximum absolute atomic E-state index is 12.6. The van der Waals surface area contributed by atoms with Crippen molar-refractivity contribution in [3.05, 3.63) is 0 Å². The van der Waals surface area contributed by atoms with Crippen molar-refractivity contribution < 1.29 is 19.5 Å². The molecule has 0 aromatic carbocycles. The van der Waals surface area contributed by atoms with E-state index in [1.165, 1.54) is 16.7 Å². The van der Waals surface area contributed by atoms with E-state index in [-0.39, 0.29) is 30.3 Å². The molecule has 4 atom stereocenters. The van der Waals surface area contributed by atoms with Gasteiger partial charge in [0, 0.05) is 6.42 Å². The van der Waals surface area contributed by atoms with E-state index in [0.717, 1.165) is 25.7 Å². The molecule has 118 valence electrons. The minimum atomic E-state index is -0.816. The molecule has 6 heteroatoms. The monoisotopic (exact) mass is 296 g/mol. The van der Waals surface area contributed by atoms with Crippen molar-refractivity contribution in [1.29, 1.82) is 0 Å². The number of amides is 4. The summed E-state index contributed by atoms with van der Waals surface area (Å²) >= 11 is 0. The van der Waals surface area contributed by atoms with Crippen LogP contribution >= 0.6 is 0 Å². The molecule has 0 spiro atoms. The lowest BCUT2D eigenvalue weighted by atomic mass is 9.89. The first kappa shape index (κ1) is 15.9. The molecule has 1 saturated carbocycles. The van der Waals surface area contributed by atoms with Crippen LogP contribution in [-0.2, 0) is 9.59 Å². The SMILES string of the molecule is CCC(=O)N1C(=O)N(C(=O)[C@H](C)[C@H](C)O)[C@@H]2CCCC[C@H]21. The number of hydrogen-bond donors (Lipinski definition) is 1. The molecule has 1 N–H and O–H groups in total. The maximum atomic E-state index is 12.6. The smallest absolute Gasteiger partial charge is 0.334 e. The Morgan fingerprint density at radius 1 is 1.19 bits per heavy atom. The lowest BCUT2D eigenvalue weighted by Crippen LogP contribution is -2.46. The molecule has 21 heavy (non-hydrogen) atoms. The summed E-state index contributed by atoms with van der Waals surface area (Å²) in [5.41, 5.74) is 0. The molecule has 1 heterocycles. The number of hydrogen-bond acceptors (Lipinski definition) is 4. The molecule has 2 aliphatic rings. The van der Waals surface area contributed by atoms with Gasteiger partial charge in [0.15, 0.2) is 0 Å². The summed E-state index contributed by atoms with van der Waals surface area (Å²) in [7, 11) is 0. The summed E-state index contributed by atoms with van der Waals surface area (Å²) < 4.78 is 0. The first-order valence-electron chi connectivity index (χ1n) is 7.77. The molecule has 6 nitrogen and oxygen atoms in total. The predicted octanol–water partition coefficient (Wildman–Crippen LogP) is 1.52. The third kappa shape index (κ3) is 2.69. The average molecular weight is 296 g/mol. The Hall–Kier alpha value is -1.43. The third-order valence-electron chi connectivity index (χ3n) is 4.69. The molecule has 1 aliphatic heterocycles. The van der Waals surface area contributed by atoms with Crippen molar-refractivity contribution in [2.75, 3.05) is 0 Å². The van der Waals surface area contributed by atoms with E-state index in [0.29, 0.717) is 0 Å². The zero-order valence-corrected chi connectivity index (χ0v) is 12.9. The molecule has 2 fully saturated rings. The summed E-state index contributed by atoms with van der Waals surface area (Å²) in [6, 6.07) is -0.921. The molecule has 0 bridgehead atoms. The van der Waals surface area contributed by atoms with E-state index in [1.807, 2.05) is 0 Å². The number of carbonyl (C=O) groups excluding carboxylic acids is 3. The Bertz CT molecular complexity index is 449. The van der Waals surface area contributed by atoms with Crippen LogP contribution in [0.25, 0.3) is 0 Å². The highest BCUT2D eigenvalue weighted by molar-refractivity contribution is 6.05. The van der Waals surface area contributed by atoms with Gasteiger partial charge in [0.25, 0.3) is 0 Å². The average Bonchev–Trinajstić information content (AvgIpc) is 2.76. The first-order valence-corrected chi connectivity index (χ1v) is 7.77. The fraction of sp³-hybridized carbons (Fsp3) is 0.800. The number of carbonyl (C=O) groups is 3. The van der Waals surface area contributed by atoms with Crippen LogP contribution in [0.2, 0.25) is 0 Å². The fourth-order valence-electron chi connectivity index (χ4n) is 3.24. The highest BCUT2D eigenvalue weighted by Crippen LogP contribution is 2.35. The quantitative estimate of drug-likeness (QED) is 0.856. The van der Waals surface area contributed by atoms with Crippen LogP contribution < -0.4 is 0 Å². The number of aliphatic hydroxyl groups is 1. The number of imide groups is 2. The predicted molar refractivity (Wildman–Crippen MR) is 76.3 cm³/mol. The van der Waals surface area contributed by atoms with E-state index in [1.54, 1.807) is 13.8 Å². The van der Waals surface area contributed by atoms with Gasteiger partial charge in [-0.25, -0.2) is 4.79 Å². The molecule has 0 radical (unpaired) electrons. The largest absolute Gasteiger partial charge is 0.393 e. The van der Waals surface area contributed by atoms with Crippen molar-refractivity contribution in [1.82, 2.24) is 9.80 Å². The van der Waals surface area contributed by atoms with Gasteiger partial charge in [-0.2, -0.15) is 0 Å². The topological polar surface area (TPSA) is 77.9 Å². The molecular formula is C15H24N2O4. The number of fused-ring (bicyclic) bond motifs is 1. The lowest BCUT2D eigenvalue weighted by molar-refractivity contribution is -0.136. The second-order valence-corrected chi connectivity index (χ2v) is 6.06. The van der Waals surface area contributed by atoms with Crippen LogP contribution in [0.4, 0.5) is 4.79 Å². The Kier molecular flexibility index (Phi) is 4.66. The van der Waals surface area contributed by atoms with E-state index in [4.69, 9.17) is 0 Å². The zero-order chi connectivity index (χ0) is 15.7. The second kappa shape index (κ2) is 6.13. The van der Waals surface area contributed by atoms with Gasteiger partial charge in [-0.15, -0.1) is 0 Å². The molecule has 0 unspecified atom stereocenters. The molecule has 0 aromatic rings. The van der Waals surface area contributed by atoms with Crippen molar-refractivity contribution >= 4 is 17.8 Å². The van der Waals surface area contributed by atoms with Gasteiger partial charge >= 0.3 is 6.03 Å². The summed E-state index contributed by atoms with van der Waals surface area (Å²) in [6.07, 6.45) is 2.86. The van der Waals surface area contributed by atoms with Crippen molar-refractivity contribution in [2.24, 2.45) is 5.92 Å². The number of rotatable bonds is 3. The summed E-state index contributed by atoms with van der Waals surface area (Å²) in [6.45, 7) is 4.87. The zero-order valence-electron chi connectivity index (χ0n) is 12.9. The Balaban J connectivity index is 2.30. The van der Waals surface area contributed by atoms with Gasteiger partial charge in [0.05, 0.1) is 24.1 Å². The summed E-state index contributed by atoms with van der Waals surface area (Å²) in [4.78, 5) is 39.7. The van der Waals surface area contributed by atoms with Crippen LogP contribution in [0.3, 0.4) is 0 Å². The Morgan fingerprint density at radius 2 is 1.71 bits per heavy atom. The van der Waals surface area contributed by atoms with Crippen molar-refractivity contribution in [3.63, 3.8) is 0 Å². The van der Waals surface area contributed by atoms with E-state index < -0.39 is 18.1 Å².